The number of allylic oxidation sites excluding steroid dienone is 1. The number of hydrogen-bond acceptors (Lipinski definition) is 4. The quantitative estimate of drug-likeness (QED) is 0.492. The van der Waals surface area contributed by atoms with E-state index in [1.807, 2.05) is 61.3 Å². The smallest absolute Gasteiger partial charge is 0.336 e. The first kappa shape index (κ1) is 19.6. The Morgan fingerprint density at radius 1 is 1.22 bits per heavy atom. The van der Waals surface area contributed by atoms with Crippen molar-refractivity contribution in [3.63, 3.8) is 0 Å². The fourth-order valence-corrected chi connectivity index (χ4v) is 4.35. The van der Waals surface area contributed by atoms with Crippen molar-refractivity contribution in [3.05, 3.63) is 82.8 Å². The van der Waals surface area contributed by atoms with Crippen LogP contribution < -0.4 is 4.90 Å². The summed E-state index contributed by atoms with van der Waals surface area (Å²) in [6.07, 6.45) is 9.55. The van der Waals surface area contributed by atoms with Gasteiger partial charge >= 0.3 is 5.97 Å². The molecule has 0 aliphatic heterocycles. The Balaban J connectivity index is 1.60. The molecule has 2 heterocycles. The highest BCUT2D eigenvalue weighted by Crippen LogP contribution is 2.38. The number of aromatic carboxylic acids is 1. The average molecular weight is 420 g/mol. The Hall–Kier alpha value is -4.37. The lowest BCUT2D eigenvalue weighted by atomic mass is 10.0. The van der Waals surface area contributed by atoms with E-state index in [-0.39, 0.29) is 5.56 Å². The first-order chi connectivity index (χ1) is 15.5. The van der Waals surface area contributed by atoms with Crippen LogP contribution in [0.2, 0.25) is 0 Å². The van der Waals surface area contributed by atoms with Gasteiger partial charge in [0.2, 0.25) is 0 Å². The number of anilines is 2. The highest BCUT2D eigenvalue weighted by Gasteiger charge is 2.25. The van der Waals surface area contributed by atoms with Crippen molar-refractivity contribution in [1.82, 2.24) is 14.8 Å². The molecule has 5 rings (SSSR count). The summed E-state index contributed by atoms with van der Waals surface area (Å²) in [6, 6.07) is 15.5. The van der Waals surface area contributed by atoms with E-state index in [9.17, 15) is 9.90 Å². The lowest BCUT2D eigenvalue weighted by Gasteiger charge is -2.21. The summed E-state index contributed by atoms with van der Waals surface area (Å²) in [4.78, 5) is 18.1. The van der Waals surface area contributed by atoms with Crippen molar-refractivity contribution in [2.75, 3.05) is 11.9 Å². The number of aromatic nitrogens is 3. The number of para-hydroxylation sites is 1. The number of fused-ring (bicyclic) bond motifs is 2. The van der Waals surface area contributed by atoms with Crippen LogP contribution in [0.25, 0.3) is 22.6 Å². The van der Waals surface area contributed by atoms with Gasteiger partial charge in [-0.1, -0.05) is 24.1 Å². The summed E-state index contributed by atoms with van der Waals surface area (Å²) in [6.45, 7) is 0. The molecule has 0 amide bonds. The molecule has 6 nitrogen and oxygen atoms in total. The van der Waals surface area contributed by atoms with Crippen LogP contribution in [-0.2, 0) is 13.5 Å². The minimum absolute atomic E-state index is 0.287. The number of aryl methyl sites for hydroxylation is 1. The summed E-state index contributed by atoms with van der Waals surface area (Å²) in [7, 11) is 3.93. The molecule has 2 aromatic heterocycles. The zero-order chi connectivity index (χ0) is 22.4. The molecule has 2 aromatic carbocycles. The van der Waals surface area contributed by atoms with Crippen molar-refractivity contribution in [3.8, 4) is 12.3 Å². The van der Waals surface area contributed by atoms with Crippen molar-refractivity contribution in [2.45, 2.75) is 6.42 Å². The largest absolute Gasteiger partial charge is 0.478 e. The van der Waals surface area contributed by atoms with Crippen molar-refractivity contribution >= 4 is 39.9 Å². The fraction of sp³-hybridized carbons (Fsp3) is 0.115. The molecule has 1 aliphatic carbocycles. The Morgan fingerprint density at radius 3 is 2.81 bits per heavy atom. The van der Waals surface area contributed by atoms with Crippen molar-refractivity contribution in [2.24, 2.45) is 7.05 Å². The zero-order valence-electron chi connectivity index (χ0n) is 17.7. The number of carboxylic acid groups (broad SMARTS) is 1. The molecule has 4 aromatic rings. The van der Waals surface area contributed by atoms with E-state index in [4.69, 9.17) is 11.5 Å². The van der Waals surface area contributed by atoms with E-state index in [1.54, 1.807) is 6.07 Å². The molecule has 32 heavy (non-hydrogen) atoms. The van der Waals surface area contributed by atoms with E-state index in [2.05, 4.69) is 21.9 Å². The lowest BCUT2D eigenvalue weighted by Crippen LogP contribution is -2.11. The maximum absolute atomic E-state index is 11.6. The van der Waals surface area contributed by atoms with Crippen LogP contribution in [0.1, 0.15) is 32.9 Å². The van der Waals surface area contributed by atoms with E-state index >= 15 is 0 Å². The Morgan fingerprint density at radius 2 is 2.03 bits per heavy atom. The lowest BCUT2D eigenvalue weighted by molar-refractivity contribution is 0.0695. The van der Waals surface area contributed by atoms with Crippen LogP contribution in [0.4, 0.5) is 11.4 Å². The Bertz CT molecular complexity index is 1470. The Kier molecular flexibility index (Phi) is 4.53. The van der Waals surface area contributed by atoms with Crippen LogP contribution in [0, 0.1) is 12.3 Å². The Labute approximate surface area is 185 Å². The molecule has 0 saturated heterocycles. The number of rotatable bonds is 4. The second-order valence-corrected chi connectivity index (χ2v) is 7.77. The van der Waals surface area contributed by atoms with Gasteiger partial charge in [-0.25, -0.2) is 4.79 Å². The molecule has 0 atom stereocenters. The third-order valence-corrected chi connectivity index (χ3v) is 5.91. The van der Waals surface area contributed by atoms with E-state index in [0.29, 0.717) is 12.1 Å². The summed E-state index contributed by atoms with van der Waals surface area (Å²) < 4.78 is 1.87. The van der Waals surface area contributed by atoms with Crippen LogP contribution in [0.5, 0.6) is 0 Å². The van der Waals surface area contributed by atoms with Gasteiger partial charge in [0.1, 0.15) is 0 Å². The van der Waals surface area contributed by atoms with Gasteiger partial charge in [0.05, 0.1) is 28.2 Å². The average Bonchev–Trinajstić information content (AvgIpc) is 3.39. The van der Waals surface area contributed by atoms with Gasteiger partial charge in [-0.05, 0) is 47.5 Å². The monoisotopic (exact) mass is 420 g/mol. The van der Waals surface area contributed by atoms with Crippen LogP contribution >= 0.6 is 0 Å². The van der Waals surface area contributed by atoms with Crippen molar-refractivity contribution < 1.29 is 9.90 Å². The number of benzene rings is 2. The number of carboxylic acids is 1. The molecule has 0 unspecified atom stereocenters. The SMILES string of the molecule is C#Cc1cccc(N(C)c2cccc3c(C4=Cc5nccc(C(=O)O)c5C4)nn(C)c23)c1. The van der Waals surface area contributed by atoms with Crippen LogP contribution in [-0.4, -0.2) is 32.9 Å². The van der Waals surface area contributed by atoms with E-state index in [1.165, 1.54) is 6.20 Å². The molecule has 0 fully saturated rings. The molecule has 0 spiro atoms. The molecule has 0 bridgehead atoms. The van der Waals surface area contributed by atoms with Gasteiger partial charge in [0.15, 0.2) is 0 Å². The standard InChI is InChI=1S/C26H20N4O2/c1-4-16-7-5-8-18(13-16)29(2)23-10-6-9-20-24(28-30(3)25(20)23)17-14-21-19(26(31)32)11-12-27-22(21)15-17/h1,5-13,15H,14H2,2-3H3,(H,31,32). The number of hydrogen-bond donors (Lipinski definition) is 1. The fourth-order valence-electron chi connectivity index (χ4n) is 4.35. The predicted octanol–water partition coefficient (Wildman–Crippen LogP) is 4.51. The molecule has 0 saturated carbocycles. The number of carbonyl (C=O) groups is 1. The van der Waals surface area contributed by atoms with Gasteiger partial charge in [-0.2, -0.15) is 5.10 Å². The minimum Gasteiger partial charge on any atom is -0.478 e. The summed E-state index contributed by atoms with van der Waals surface area (Å²) >= 11 is 0. The van der Waals surface area contributed by atoms with Gasteiger partial charge in [-0.3, -0.25) is 9.67 Å². The van der Waals surface area contributed by atoms with Crippen molar-refractivity contribution in [1.29, 1.82) is 0 Å². The molecule has 1 N–H and O–H groups in total. The second-order valence-electron chi connectivity index (χ2n) is 7.77. The van der Waals surface area contributed by atoms with E-state index in [0.717, 1.165) is 44.7 Å². The first-order valence-electron chi connectivity index (χ1n) is 10.2. The number of terminal acetylenes is 1. The molecular formula is C26H20N4O2. The molecule has 1 aliphatic rings. The van der Waals surface area contributed by atoms with Gasteiger partial charge in [-0.15, -0.1) is 6.42 Å². The predicted molar refractivity (Wildman–Crippen MR) is 126 cm³/mol. The second kappa shape index (κ2) is 7.40. The van der Waals surface area contributed by atoms with Crippen LogP contribution in [0.3, 0.4) is 0 Å². The summed E-state index contributed by atoms with van der Waals surface area (Å²) in [5.41, 5.74) is 7.30. The first-order valence-corrected chi connectivity index (χ1v) is 10.2. The topological polar surface area (TPSA) is 71.2 Å². The highest BCUT2D eigenvalue weighted by molar-refractivity contribution is 6.04. The summed E-state index contributed by atoms with van der Waals surface area (Å²) in [5.74, 6) is 1.74. The number of nitrogens with zero attached hydrogens (tertiary/aromatic N) is 4. The molecule has 6 heteroatoms. The molecule has 156 valence electrons. The minimum atomic E-state index is -0.942. The van der Waals surface area contributed by atoms with Gasteiger partial charge < -0.3 is 10.0 Å². The third-order valence-electron chi connectivity index (χ3n) is 5.91. The summed E-state index contributed by atoms with van der Waals surface area (Å²) in [5, 5.41) is 15.4. The number of pyridine rings is 1. The normalized spacial score (nSPS) is 12.3. The maximum atomic E-state index is 11.6. The third kappa shape index (κ3) is 3.03. The maximum Gasteiger partial charge on any atom is 0.336 e. The van der Waals surface area contributed by atoms with Gasteiger partial charge in [0, 0.05) is 43.4 Å². The van der Waals surface area contributed by atoms with E-state index < -0.39 is 5.97 Å². The van der Waals surface area contributed by atoms with Crippen LogP contribution in [0.15, 0.2) is 54.7 Å². The molecular weight excluding hydrogens is 400 g/mol. The zero-order valence-corrected chi connectivity index (χ0v) is 17.7. The van der Waals surface area contributed by atoms with Gasteiger partial charge in [0.25, 0.3) is 0 Å². The molecule has 0 radical (unpaired) electrons. The highest BCUT2D eigenvalue weighted by atomic mass is 16.4.